The number of hydrogen-bond donors (Lipinski definition) is 0. The molecule has 1 aliphatic heterocycles. The van der Waals surface area contributed by atoms with Crippen LogP contribution in [0.2, 0.25) is 0 Å². The lowest BCUT2D eigenvalue weighted by molar-refractivity contribution is -0.170. The molecule has 106 valence electrons. The van der Waals surface area contributed by atoms with Crippen LogP contribution in [0.15, 0.2) is 29.2 Å². The van der Waals surface area contributed by atoms with Crippen LogP contribution < -0.4 is 0 Å². The number of hydrogen-bond acceptors (Lipinski definition) is 5. The van der Waals surface area contributed by atoms with E-state index in [2.05, 4.69) is 0 Å². The molecule has 6 heteroatoms. The van der Waals surface area contributed by atoms with Gasteiger partial charge >= 0.3 is 10.1 Å². The average molecular weight is 285 g/mol. The molecule has 2 rings (SSSR count). The molecule has 1 aromatic rings. The first-order valence-corrected chi connectivity index (χ1v) is 7.69. The van der Waals surface area contributed by atoms with E-state index in [9.17, 15) is 8.42 Å². The van der Waals surface area contributed by atoms with Crippen molar-refractivity contribution in [2.24, 2.45) is 0 Å². The molecule has 2 atom stereocenters. The zero-order valence-corrected chi connectivity index (χ0v) is 12.2. The fraction of sp³-hybridized carbons (Fsp3) is 0.538. The highest BCUT2D eigenvalue weighted by molar-refractivity contribution is 7.86. The van der Waals surface area contributed by atoms with Crippen LogP contribution in [-0.4, -0.2) is 38.8 Å². The minimum atomic E-state index is -3.76. The summed E-state index contributed by atoms with van der Waals surface area (Å²) in [5.74, 6) is 0. The number of ether oxygens (including phenoxy) is 1. The summed E-state index contributed by atoms with van der Waals surface area (Å²) < 4.78 is 35.0. The van der Waals surface area contributed by atoms with Crippen LogP contribution in [0.3, 0.4) is 0 Å². The minimum absolute atomic E-state index is 0.0376. The predicted octanol–water partition coefficient (Wildman–Crippen LogP) is 1.72. The number of nitrogens with zero attached hydrogens (tertiary/aromatic N) is 1. The number of morpholine rings is 1. The quantitative estimate of drug-likeness (QED) is 0.846. The molecule has 0 bridgehead atoms. The van der Waals surface area contributed by atoms with E-state index in [4.69, 9.17) is 9.02 Å². The largest absolute Gasteiger partial charge is 0.375 e. The summed E-state index contributed by atoms with van der Waals surface area (Å²) in [6.07, 6.45) is -0.0376. The molecule has 1 aliphatic rings. The third-order valence-corrected chi connectivity index (χ3v) is 4.29. The molecule has 19 heavy (non-hydrogen) atoms. The number of hydroxylamine groups is 2. The molecule has 0 spiro atoms. The molecule has 0 radical (unpaired) electrons. The van der Waals surface area contributed by atoms with Crippen LogP contribution in [0.1, 0.15) is 19.4 Å². The van der Waals surface area contributed by atoms with Gasteiger partial charge < -0.3 is 4.74 Å². The Hall–Kier alpha value is -0.950. The van der Waals surface area contributed by atoms with Gasteiger partial charge in [-0.15, -0.1) is 0 Å². The molecular formula is C13H19NO4S. The van der Waals surface area contributed by atoms with Crippen molar-refractivity contribution in [3.63, 3.8) is 0 Å². The van der Waals surface area contributed by atoms with E-state index in [0.29, 0.717) is 13.2 Å². The maximum absolute atomic E-state index is 12.2. The van der Waals surface area contributed by atoms with Gasteiger partial charge in [0.15, 0.2) is 0 Å². The Balaban J connectivity index is 2.14. The van der Waals surface area contributed by atoms with E-state index in [-0.39, 0.29) is 17.0 Å². The maximum Gasteiger partial charge on any atom is 0.313 e. The van der Waals surface area contributed by atoms with Crippen molar-refractivity contribution < 1.29 is 17.4 Å². The molecule has 0 amide bonds. The first-order chi connectivity index (χ1) is 8.88. The highest BCUT2D eigenvalue weighted by atomic mass is 32.2. The van der Waals surface area contributed by atoms with Crippen LogP contribution in [0.25, 0.3) is 0 Å². The van der Waals surface area contributed by atoms with E-state index < -0.39 is 10.1 Å². The van der Waals surface area contributed by atoms with Gasteiger partial charge in [0.1, 0.15) is 0 Å². The lowest BCUT2D eigenvalue weighted by Crippen LogP contribution is -2.47. The molecule has 0 saturated carbocycles. The van der Waals surface area contributed by atoms with Crippen LogP contribution in [0.4, 0.5) is 0 Å². The van der Waals surface area contributed by atoms with Crippen molar-refractivity contribution >= 4 is 10.1 Å². The second kappa shape index (κ2) is 5.58. The third kappa shape index (κ3) is 3.54. The van der Waals surface area contributed by atoms with Gasteiger partial charge in [0, 0.05) is 0 Å². The van der Waals surface area contributed by atoms with Gasteiger partial charge in [-0.05, 0) is 32.9 Å². The second-order valence-electron chi connectivity index (χ2n) is 4.93. The van der Waals surface area contributed by atoms with Gasteiger partial charge in [-0.25, -0.2) is 0 Å². The normalized spacial score (nSPS) is 25.4. The highest BCUT2D eigenvalue weighted by Crippen LogP contribution is 2.19. The minimum Gasteiger partial charge on any atom is -0.375 e. The van der Waals surface area contributed by atoms with Gasteiger partial charge in [0.25, 0.3) is 0 Å². The standard InChI is InChI=1S/C13H19NO4S/c1-10-4-6-13(7-5-10)19(15,16)18-14-8-12(3)17-9-11(14)2/h4-7,11-12H,8-9H2,1-3H3/t11-,12+/m0/s1. The smallest absolute Gasteiger partial charge is 0.313 e. The summed E-state index contributed by atoms with van der Waals surface area (Å²) in [5, 5.41) is 1.48. The van der Waals surface area contributed by atoms with Crippen molar-refractivity contribution in [3.05, 3.63) is 29.8 Å². The van der Waals surface area contributed by atoms with Crippen molar-refractivity contribution in [2.45, 2.75) is 37.8 Å². The third-order valence-electron chi connectivity index (χ3n) is 3.05. The van der Waals surface area contributed by atoms with Gasteiger partial charge in [0.2, 0.25) is 0 Å². The Kier molecular flexibility index (Phi) is 4.25. The summed E-state index contributed by atoms with van der Waals surface area (Å²) in [4.78, 5) is 0.171. The molecule has 0 unspecified atom stereocenters. The average Bonchev–Trinajstić information content (AvgIpc) is 2.34. The van der Waals surface area contributed by atoms with Crippen molar-refractivity contribution in [3.8, 4) is 0 Å². The fourth-order valence-corrected chi connectivity index (χ4v) is 2.87. The van der Waals surface area contributed by atoms with Crippen LogP contribution in [-0.2, 0) is 19.1 Å². The summed E-state index contributed by atoms with van der Waals surface area (Å²) >= 11 is 0. The first-order valence-electron chi connectivity index (χ1n) is 6.28. The van der Waals surface area contributed by atoms with Gasteiger partial charge in [0.05, 0.1) is 30.2 Å². The predicted molar refractivity (Wildman–Crippen MR) is 71.0 cm³/mol. The number of benzene rings is 1. The Morgan fingerprint density at radius 3 is 2.53 bits per heavy atom. The molecule has 1 aromatic carbocycles. The Labute approximate surface area is 114 Å². The molecule has 0 aromatic heterocycles. The van der Waals surface area contributed by atoms with Crippen LogP contribution in [0.5, 0.6) is 0 Å². The second-order valence-corrected chi connectivity index (χ2v) is 6.46. The van der Waals surface area contributed by atoms with Crippen LogP contribution >= 0.6 is 0 Å². The molecule has 1 heterocycles. The van der Waals surface area contributed by atoms with E-state index in [1.807, 2.05) is 20.8 Å². The summed E-state index contributed by atoms with van der Waals surface area (Å²) in [5.41, 5.74) is 1.01. The lowest BCUT2D eigenvalue weighted by Gasteiger charge is -2.34. The van der Waals surface area contributed by atoms with E-state index in [1.165, 1.54) is 5.06 Å². The SMILES string of the molecule is Cc1ccc(S(=O)(=O)ON2C[C@@H](C)OC[C@@H]2C)cc1. The van der Waals surface area contributed by atoms with Gasteiger partial charge in [-0.1, -0.05) is 17.7 Å². The molecule has 0 aliphatic carbocycles. The molecular weight excluding hydrogens is 266 g/mol. The first kappa shape index (κ1) is 14.5. The Bertz CT molecular complexity index is 526. The Morgan fingerprint density at radius 1 is 1.26 bits per heavy atom. The molecule has 0 N–H and O–H groups in total. The Morgan fingerprint density at radius 2 is 1.89 bits per heavy atom. The number of aryl methyl sites for hydroxylation is 1. The molecule has 5 nitrogen and oxygen atoms in total. The highest BCUT2D eigenvalue weighted by Gasteiger charge is 2.29. The van der Waals surface area contributed by atoms with Crippen molar-refractivity contribution in [1.29, 1.82) is 0 Å². The molecule has 1 saturated heterocycles. The van der Waals surface area contributed by atoms with Crippen LogP contribution in [0, 0.1) is 6.92 Å². The summed E-state index contributed by atoms with van der Waals surface area (Å²) in [6.45, 7) is 6.57. The monoisotopic (exact) mass is 285 g/mol. The maximum atomic E-state index is 12.2. The number of rotatable bonds is 3. The lowest BCUT2D eigenvalue weighted by atomic mass is 10.2. The van der Waals surface area contributed by atoms with E-state index >= 15 is 0 Å². The van der Waals surface area contributed by atoms with E-state index in [0.717, 1.165) is 5.56 Å². The van der Waals surface area contributed by atoms with Gasteiger partial charge in [-0.2, -0.15) is 17.8 Å². The van der Waals surface area contributed by atoms with Crippen molar-refractivity contribution in [2.75, 3.05) is 13.2 Å². The zero-order valence-electron chi connectivity index (χ0n) is 11.4. The summed E-state index contributed by atoms with van der Waals surface area (Å²) in [6, 6.07) is 6.53. The molecule has 1 fully saturated rings. The fourth-order valence-electron chi connectivity index (χ4n) is 1.85. The van der Waals surface area contributed by atoms with Gasteiger partial charge in [-0.3, -0.25) is 0 Å². The zero-order chi connectivity index (χ0) is 14.0. The van der Waals surface area contributed by atoms with E-state index in [1.54, 1.807) is 24.3 Å². The topological polar surface area (TPSA) is 55.8 Å². The summed E-state index contributed by atoms with van der Waals surface area (Å²) in [7, 11) is -3.76. The van der Waals surface area contributed by atoms with Crippen molar-refractivity contribution in [1.82, 2.24) is 5.06 Å².